The lowest BCUT2D eigenvalue weighted by Gasteiger charge is -2.07. The third-order valence-corrected chi connectivity index (χ3v) is 3.03. The molecule has 6 heteroatoms. The van der Waals surface area contributed by atoms with Crippen molar-refractivity contribution in [1.82, 2.24) is 4.98 Å². The lowest BCUT2D eigenvalue weighted by Crippen LogP contribution is -2.11. The highest BCUT2D eigenvalue weighted by atomic mass is 35.5. The Balaban J connectivity index is 1.90. The Hall–Kier alpha value is -2.53. The molecule has 0 aliphatic carbocycles. The van der Waals surface area contributed by atoms with Gasteiger partial charge in [-0.15, -0.1) is 0 Å². The minimum absolute atomic E-state index is 0.0507. The van der Waals surface area contributed by atoms with Gasteiger partial charge in [-0.25, -0.2) is 4.98 Å². The third-order valence-electron chi connectivity index (χ3n) is 2.80. The van der Waals surface area contributed by atoms with Gasteiger partial charge in [0.05, 0.1) is 5.69 Å². The summed E-state index contributed by atoms with van der Waals surface area (Å²) in [6.07, 6.45) is 1.31. The third kappa shape index (κ3) is 2.31. The quantitative estimate of drug-likeness (QED) is 0.708. The zero-order valence-electron chi connectivity index (χ0n) is 10.1. The summed E-state index contributed by atoms with van der Waals surface area (Å²) in [6, 6.07) is 9.31. The summed E-state index contributed by atoms with van der Waals surface area (Å²) < 4.78 is 5.11. The number of phenols is 1. The molecule has 0 radical (unpaired) electrons. The molecule has 1 aromatic heterocycles. The van der Waals surface area contributed by atoms with E-state index in [1.54, 1.807) is 18.2 Å². The van der Waals surface area contributed by atoms with Crippen LogP contribution in [0.25, 0.3) is 11.1 Å². The summed E-state index contributed by atoms with van der Waals surface area (Å²) in [6.45, 7) is 0. The van der Waals surface area contributed by atoms with Crippen LogP contribution in [0.5, 0.6) is 5.75 Å². The van der Waals surface area contributed by atoms with Gasteiger partial charge >= 0.3 is 0 Å². The molecular weight excluding hydrogens is 280 g/mol. The normalized spacial score (nSPS) is 10.7. The van der Waals surface area contributed by atoms with Crippen molar-refractivity contribution in [3.05, 3.63) is 53.4 Å². The van der Waals surface area contributed by atoms with Gasteiger partial charge in [0.1, 0.15) is 11.3 Å². The standard InChI is InChI=1S/C14H9ClN2O3/c15-9-2-3-12(18)10(6-9)17-14(19)8-1-4-13-11(5-8)16-7-20-13/h1-7,18H,(H,17,19). The maximum atomic E-state index is 12.1. The molecule has 1 amide bonds. The number of anilines is 1. The molecule has 0 aliphatic rings. The zero-order chi connectivity index (χ0) is 14.1. The highest BCUT2D eigenvalue weighted by molar-refractivity contribution is 6.31. The molecule has 0 saturated heterocycles. The highest BCUT2D eigenvalue weighted by Crippen LogP contribution is 2.27. The Morgan fingerprint density at radius 3 is 2.95 bits per heavy atom. The Bertz CT molecular complexity index is 798. The number of carbonyl (C=O) groups excluding carboxylic acids is 1. The predicted octanol–water partition coefficient (Wildman–Crippen LogP) is 3.44. The molecule has 20 heavy (non-hydrogen) atoms. The van der Waals surface area contributed by atoms with Gasteiger partial charge in [0.15, 0.2) is 12.0 Å². The van der Waals surface area contributed by atoms with Crippen LogP contribution >= 0.6 is 11.6 Å². The summed E-state index contributed by atoms with van der Waals surface area (Å²) in [5.41, 5.74) is 1.86. The van der Waals surface area contributed by atoms with Crippen LogP contribution in [-0.4, -0.2) is 16.0 Å². The molecule has 0 spiro atoms. The SMILES string of the molecule is O=C(Nc1cc(Cl)ccc1O)c1ccc2ocnc2c1. The lowest BCUT2D eigenvalue weighted by atomic mass is 10.2. The molecule has 0 saturated carbocycles. The fourth-order valence-corrected chi connectivity index (χ4v) is 1.97. The zero-order valence-corrected chi connectivity index (χ0v) is 10.9. The number of fused-ring (bicyclic) bond motifs is 1. The van der Waals surface area contributed by atoms with Crippen LogP contribution < -0.4 is 5.32 Å². The molecule has 0 aliphatic heterocycles. The number of aromatic nitrogens is 1. The molecule has 2 aromatic carbocycles. The van der Waals surface area contributed by atoms with Crippen LogP contribution in [0.1, 0.15) is 10.4 Å². The highest BCUT2D eigenvalue weighted by Gasteiger charge is 2.11. The first kappa shape index (κ1) is 12.5. The van der Waals surface area contributed by atoms with Crippen LogP contribution in [0.2, 0.25) is 5.02 Å². The maximum absolute atomic E-state index is 12.1. The number of halogens is 1. The second kappa shape index (κ2) is 4.86. The Morgan fingerprint density at radius 2 is 2.10 bits per heavy atom. The molecule has 3 rings (SSSR count). The molecule has 0 atom stereocenters. The van der Waals surface area contributed by atoms with E-state index in [0.29, 0.717) is 21.7 Å². The van der Waals surface area contributed by atoms with Crippen molar-refractivity contribution in [2.45, 2.75) is 0 Å². The van der Waals surface area contributed by atoms with Gasteiger partial charge in [0.25, 0.3) is 5.91 Å². The average Bonchev–Trinajstić information content (AvgIpc) is 2.90. The molecule has 3 aromatic rings. The maximum Gasteiger partial charge on any atom is 0.255 e. The van der Waals surface area contributed by atoms with Crippen molar-refractivity contribution in [1.29, 1.82) is 0 Å². The molecule has 5 nitrogen and oxygen atoms in total. The van der Waals surface area contributed by atoms with E-state index in [4.69, 9.17) is 16.0 Å². The lowest BCUT2D eigenvalue weighted by molar-refractivity contribution is 0.102. The number of amides is 1. The summed E-state index contributed by atoms with van der Waals surface area (Å²) >= 11 is 5.82. The van der Waals surface area contributed by atoms with Gasteiger partial charge in [-0.1, -0.05) is 11.6 Å². The van der Waals surface area contributed by atoms with Gasteiger partial charge in [-0.2, -0.15) is 0 Å². The number of nitrogens with one attached hydrogen (secondary N) is 1. The number of phenolic OH excluding ortho intramolecular Hbond substituents is 1. The van der Waals surface area contributed by atoms with Crippen molar-refractivity contribution in [2.75, 3.05) is 5.32 Å². The smallest absolute Gasteiger partial charge is 0.255 e. The first-order valence-corrected chi connectivity index (χ1v) is 6.14. The van der Waals surface area contributed by atoms with Crippen LogP contribution in [0, 0.1) is 0 Å². The van der Waals surface area contributed by atoms with E-state index in [-0.39, 0.29) is 17.3 Å². The second-order valence-corrected chi connectivity index (χ2v) is 4.59. The van der Waals surface area contributed by atoms with Crippen molar-refractivity contribution in [2.24, 2.45) is 0 Å². The molecule has 100 valence electrons. The minimum atomic E-state index is -0.368. The van der Waals surface area contributed by atoms with E-state index in [1.165, 1.54) is 24.6 Å². The summed E-state index contributed by atoms with van der Waals surface area (Å²) in [7, 11) is 0. The summed E-state index contributed by atoms with van der Waals surface area (Å²) in [5.74, 6) is -0.419. The Kier molecular flexibility index (Phi) is 3.04. The summed E-state index contributed by atoms with van der Waals surface area (Å²) in [4.78, 5) is 16.1. The molecule has 0 unspecified atom stereocenters. The number of hydrogen-bond acceptors (Lipinski definition) is 4. The average molecular weight is 289 g/mol. The van der Waals surface area contributed by atoms with Crippen molar-refractivity contribution in [3.63, 3.8) is 0 Å². The first-order chi connectivity index (χ1) is 9.63. The van der Waals surface area contributed by atoms with Crippen molar-refractivity contribution < 1.29 is 14.3 Å². The monoisotopic (exact) mass is 288 g/mol. The topological polar surface area (TPSA) is 75.4 Å². The number of carbonyl (C=O) groups is 1. The van der Waals surface area contributed by atoms with Crippen LogP contribution in [0.3, 0.4) is 0 Å². The minimum Gasteiger partial charge on any atom is -0.506 e. The molecule has 1 heterocycles. The molecule has 0 fully saturated rings. The van der Waals surface area contributed by atoms with E-state index in [9.17, 15) is 9.90 Å². The van der Waals surface area contributed by atoms with Gasteiger partial charge in [-0.3, -0.25) is 4.79 Å². The van der Waals surface area contributed by atoms with Gasteiger partial charge < -0.3 is 14.8 Å². The fraction of sp³-hybridized carbons (Fsp3) is 0. The van der Waals surface area contributed by atoms with Crippen LogP contribution in [0.4, 0.5) is 5.69 Å². The summed E-state index contributed by atoms with van der Waals surface area (Å²) in [5, 5.41) is 12.7. The second-order valence-electron chi connectivity index (χ2n) is 4.15. The van der Waals surface area contributed by atoms with E-state index in [0.717, 1.165) is 0 Å². The van der Waals surface area contributed by atoms with Crippen LogP contribution in [-0.2, 0) is 0 Å². The largest absolute Gasteiger partial charge is 0.506 e. The van der Waals surface area contributed by atoms with Gasteiger partial charge in [-0.05, 0) is 36.4 Å². The Labute approximate surface area is 118 Å². The molecule has 0 bridgehead atoms. The van der Waals surface area contributed by atoms with Gasteiger partial charge in [0.2, 0.25) is 0 Å². The van der Waals surface area contributed by atoms with E-state index >= 15 is 0 Å². The number of oxazole rings is 1. The number of nitrogens with zero attached hydrogens (tertiary/aromatic N) is 1. The van der Waals surface area contributed by atoms with Gasteiger partial charge in [0, 0.05) is 10.6 Å². The number of aromatic hydroxyl groups is 1. The Morgan fingerprint density at radius 1 is 1.25 bits per heavy atom. The number of rotatable bonds is 2. The van der Waals surface area contributed by atoms with Crippen molar-refractivity contribution >= 4 is 34.3 Å². The molecule has 2 N–H and O–H groups in total. The van der Waals surface area contributed by atoms with Crippen molar-refractivity contribution in [3.8, 4) is 5.75 Å². The predicted molar refractivity (Wildman–Crippen MR) is 75.1 cm³/mol. The molecular formula is C14H9ClN2O3. The number of hydrogen-bond donors (Lipinski definition) is 2. The van der Waals surface area contributed by atoms with E-state index in [2.05, 4.69) is 10.3 Å². The fourth-order valence-electron chi connectivity index (χ4n) is 1.80. The first-order valence-electron chi connectivity index (χ1n) is 5.76. The van der Waals surface area contributed by atoms with Crippen LogP contribution in [0.15, 0.2) is 47.2 Å². The van der Waals surface area contributed by atoms with E-state index in [1.807, 2.05) is 0 Å². The van der Waals surface area contributed by atoms with E-state index < -0.39 is 0 Å². The number of benzene rings is 2.